The van der Waals surface area contributed by atoms with Crippen LogP contribution in [0.5, 0.6) is 17.5 Å². The van der Waals surface area contributed by atoms with Crippen LogP contribution in [0.15, 0.2) is 72.8 Å². The van der Waals surface area contributed by atoms with Crippen LogP contribution in [0.4, 0.5) is 16.2 Å². The Morgan fingerprint density at radius 3 is 2.33 bits per heavy atom. The van der Waals surface area contributed by atoms with Gasteiger partial charge in [0, 0.05) is 16.9 Å². The average molecular weight is 488 g/mol. The fraction of sp³-hybridized carbons (Fsp3) is 0.222. The molecule has 0 aliphatic carbocycles. The van der Waals surface area contributed by atoms with Gasteiger partial charge in [0.15, 0.2) is 5.82 Å². The Morgan fingerprint density at radius 1 is 0.889 bits per heavy atom. The van der Waals surface area contributed by atoms with E-state index in [1.807, 2.05) is 42.5 Å². The number of ether oxygens (including phenoxy) is 3. The van der Waals surface area contributed by atoms with Gasteiger partial charge >= 0.3 is 12.0 Å². The first kappa shape index (κ1) is 24.6. The van der Waals surface area contributed by atoms with Crippen LogP contribution in [0.1, 0.15) is 13.8 Å². The van der Waals surface area contributed by atoms with Gasteiger partial charge in [-0.25, -0.2) is 9.48 Å². The van der Waals surface area contributed by atoms with Crippen LogP contribution in [0.2, 0.25) is 0 Å². The molecule has 0 aliphatic rings. The summed E-state index contributed by atoms with van der Waals surface area (Å²) in [6.45, 7) is 4.62. The number of amides is 2. The monoisotopic (exact) mass is 487 g/mol. The van der Waals surface area contributed by atoms with Crippen molar-refractivity contribution >= 4 is 17.4 Å². The van der Waals surface area contributed by atoms with Crippen molar-refractivity contribution in [2.24, 2.45) is 5.92 Å². The summed E-state index contributed by atoms with van der Waals surface area (Å²) in [6.07, 6.45) is 0. The Kier molecular flexibility index (Phi) is 7.69. The lowest BCUT2D eigenvalue weighted by atomic mass is 10.2. The molecule has 0 bridgehead atoms. The number of aromatic nitrogens is 3. The quantitative estimate of drug-likeness (QED) is 0.317. The van der Waals surface area contributed by atoms with Crippen LogP contribution < -0.4 is 24.8 Å². The molecule has 0 fully saturated rings. The van der Waals surface area contributed by atoms with Crippen molar-refractivity contribution in [2.45, 2.75) is 13.8 Å². The van der Waals surface area contributed by atoms with Crippen molar-refractivity contribution in [1.29, 1.82) is 0 Å². The zero-order valence-corrected chi connectivity index (χ0v) is 20.7. The molecule has 186 valence electrons. The number of benzene rings is 3. The summed E-state index contributed by atoms with van der Waals surface area (Å²) in [6, 6.07) is 21.9. The maximum Gasteiger partial charge on any atom is 0.336 e. The van der Waals surface area contributed by atoms with E-state index in [1.54, 1.807) is 49.2 Å². The third-order valence-electron chi connectivity index (χ3n) is 5.16. The summed E-state index contributed by atoms with van der Waals surface area (Å²) in [5.74, 6) is 2.34. The number of hydrogen-bond donors (Lipinski definition) is 2. The van der Waals surface area contributed by atoms with Gasteiger partial charge in [-0.05, 0) is 60.5 Å². The van der Waals surface area contributed by atoms with Crippen LogP contribution in [-0.4, -0.2) is 41.6 Å². The highest BCUT2D eigenvalue weighted by molar-refractivity contribution is 5.99. The molecule has 1 aromatic heterocycles. The number of carbonyl (C=O) groups is 1. The first-order valence-electron chi connectivity index (χ1n) is 11.5. The van der Waals surface area contributed by atoms with Gasteiger partial charge in [-0.1, -0.05) is 32.0 Å². The molecule has 0 radical (unpaired) electrons. The number of rotatable bonds is 9. The third-order valence-corrected chi connectivity index (χ3v) is 5.16. The molecule has 4 rings (SSSR count). The summed E-state index contributed by atoms with van der Waals surface area (Å²) in [5.41, 5.74) is 2.77. The molecule has 2 N–H and O–H groups in total. The first-order valence-corrected chi connectivity index (χ1v) is 11.5. The molecule has 9 heteroatoms. The van der Waals surface area contributed by atoms with Crippen molar-refractivity contribution in [2.75, 3.05) is 31.5 Å². The highest BCUT2D eigenvalue weighted by atomic mass is 16.5. The van der Waals surface area contributed by atoms with Crippen molar-refractivity contribution in [3.8, 4) is 34.6 Å². The summed E-state index contributed by atoms with van der Waals surface area (Å²) in [5, 5.41) is 10.3. The van der Waals surface area contributed by atoms with E-state index in [-0.39, 0.29) is 12.0 Å². The third kappa shape index (κ3) is 6.12. The number of anilines is 2. The largest absolute Gasteiger partial charge is 0.497 e. The van der Waals surface area contributed by atoms with Crippen molar-refractivity contribution in [1.82, 2.24) is 14.8 Å². The second-order valence-corrected chi connectivity index (χ2v) is 8.42. The molecular formula is C27H29N5O4. The van der Waals surface area contributed by atoms with E-state index >= 15 is 0 Å². The molecule has 36 heavy (non-hydrogen) atoms. The fourth-order valence-corrected chi connectivity index (χ4v) is 3.41. The Morgan fingerprint density at radius 2 is 1.61 bits per heavy atom. The number of nitrogens with one attached hydrogen (secondary N) is 2. The van der Waals surface area contributed by atoms with Gasteiger partial charge in [-0.2, -0.15) is 4.98 Å². The van der Waals surface area contributed by atoms with E-state index < -0.39 is 0 Å². The number of urea groups is 1. The maximum absolute atomic E-state index is 12.6. The minimum atomic E-state index is -0.370. The Bertz CT molecular complexity index is 1320. The maximum atomic E-state index is 12.6. The van der Waals surface area contributed by atoms with Gasteiger partial charge in [0.05, 0.1) is 26.5 Å². The average Bonchev–Trinajstić information content (AvgIpc) is 3.32. The standard InChI is InChI=1S/C27H29N5O4/c1-18(2)17-36-27-30-25(19-7-5-10-24(15-19)35-4)32(31-27)22-9-6-8-21(16-22)29-26(33)28-20-11-13-23(34-3)14-12-20/h5-16,18H,17H2,1-4H3,(H2,28,29,33). The highest BCUT2D eigenvalue weighted by Gasteiger charge is 2.16. The van der Waals surface area contributed by atoms with E-state index in [4.69, 9.17) is 14.2 Å². The molecule has 9 nitrogen and oxygen atoms in total. The Hall–Kier alpha value is -4.53. The molecule has 0 saturated carbocycles. The molecule has 0 atom stereocenters. The van der Waals surface area contributed by atoms with Gasteiger partial charge in [-0.15, -0.1) is 5.10 Å². The summed E-state index contributed by atoms with van der Waals surface area (Å²) in [7, 11) is 3.21. The van der Waals surface area contributed by atoms with Gasteiger partial charge in [0.25, 0.3) is 0 Å². The second-order valence-electron chi connectivity index (χ2n) is 8.42. The van der Waals surface area contributed by atoms with Gasteiger partial charge in [0.1, 0.15) is 11.5 Å². The predicted molar refractivity (Wildman–Crippen MR) is 139 cm³/mol. The molecule has 1 heterocycles. The molecule has 0 saturated heterocycles. The van der Waals surface area contributed by atoms with Gasteiger partial charge < -0.3 is 24.8 Å². The number of methoxy groups -OCH3 is 2. The first-order chi connectivity index (χ1) is 17.4. The normalized spacial score (nSPS) is 10.7. The second kappa shape index (κ2) is 11.3. The van der Waals surface area contributed by atoms with E-state index in [9.17, 15) is 4.79 Å². The van der Waals surface area contributed by atoms with Crippen LogP contribution >= 0.6 is 0 Å². The molecule has 0 unspecified atom stereocenters. The van der Waals surface area contributed by atoms with Crippen molar-refractivity contribution in [3.63, 3.8) is 0 Å². The molecule has 2 amide bonds. The van der Waals surface area contributed by atoms with Gasteiger partial charge in [0.2, 0.25) is 0 Å². The van der Waals surface area contributed by atoms with Crippen LogP contribution in [0, 0.1) is 5.92 Å². The minimum absolute atomic E-state index is 0.275. The zero-order chi connectivity index (χ0) is 25.5. The predicted octanol–water partition coefficient (Wildman–Crippen LogP) is 5.63. The lowest BCUT2D eigenvalue weighted by Crippen LogP contribution is -2.19. The molecule has 3 aromatic carbocycles. The summed E-state index contributed by atoms with van der Waals surface area (Å²) < 4.78 is 18.0. The molecule has 0 spiro atoms. The Balaban J connectivity index is 1.60. The van der Waals surface area contributed by atoms with Gasteiger partial charge in [-0.3, -0.25) is 0 Å². The zero-order valence-electron chi connectivity index (χ0n) is 20.7. The SMILES string of the molecule is COc1ccc(NC(=O)Nc2cccc(-n3nc(OCC(C)C)nc3-c3cccc(OC)c3)c2)cc1. The van der Waals surface area contributed by atoms with Crippen LogP contribution in [-0.2, 0) is 0 Å². The van der Waals surface area contributed by atoms with Crippen LogP contribution in [0.25, 0.3) is 17.1 Å². The highest BCUT2D eigenvalue weighted by Crippen LogP contribution is 2.27. The fourth-order valence-electron chi connectivity index (χ4n) is 3.41. The Labute approximate surface area is 210 Å². The number of carbonyl (C=O) groups excluding carboxylic acids is 1. The molecule has 0 aliphatic heterocycles. The van der Waals surface area contributed by atoms with E-state index in [0.717, 1.165) is 5.56 Å². The number of nitrogens with zero attached hydrogens (tertiary/aromatic N) is 3. The smallest absolute Gasteiger partial charge is 0.336 e. The van der Waals surface area contributed by atoms with E-state index in [0.29, 0.717) is 46.9 Å². The van der Waals surface area contributed by atoms with Crippen LogP contribution in [0.3, 0.4) is 0 Å². The van der Waals surface area contributed by atoms with E-state index in [2.05, 4.69) is 34.6 Å². The molecule has 4 aromatic rings. The van der Waals surface area contributed by atoms with Crippen molar-refractivity contribution in [3.05, 3.63) is 72.8 Å². The summed E-state index contributed by atoms with van der Waals surface area (Å²) >= 11 is 0. The summed E-state index contributed by atoms with van der Waals surface area (Å²) in [4.78, 5) is 17.2. The molecular weight excluding hydrogens is 458 g/mol. The minimum Gasteiger partial charge on any atom is -0.497 e. The van der Waals surface area contributed by atoms with Crippen molar-refractivity contribution < 1.29 is 19.0 Å². The topological polar surface area (TPSA) is 99.5 Å². The van der Waals surface area contributed by atoms with E-state index in [1.165, 1.54) is 0 Å². The lowest BCUT2D eigenvalue weighted by Gasteiger charge is -2.11. The lowest BCUT2D eigenvalue weighted by molar-refractivity contribution is 0.251. The number of hydrogen-bond acceptors (Lipinski definition) is 6.